The number of rotatable bonds is 11. The van der Waals surface area contributed by atoms with Gasteiger partial charge in [0.15, 0.2) is 5.76 Å². The molecule has 7 nitrogen and oxygen atoms in total. The van der Waals surface area contributed by atoms with Crippen LogP contribution in [-0.4, -0.2) is 50.7 Å². The van der Waals surface area contributed by atoms with Gasteiger partial charge in [0.25, 0.3) is 0 Å². The third kappa shape index (κ3) is 5.45. The molecule has 1 aromatic carbocycles. The molecule has 1 aromatic heterocycles. The van der Waals surface area contributed by atoms with E-state index in [0.717, 1.165) is 5.56 Å². The largest absolute Gasteiger partial charge is 0.489 e. The standard InChI is InChI=1S/C24H27FN4O3/c1-4-27-14-21(20(26-2)15-31-3)32-16-24(17-8-10-18(25)11-9-17)13-19(24)23(30)29-22-7-5-6-12-28-22/h5-12,14,19H,2,4,13,15-16H2,1,3H3,(H,28,29,30)/b21-20+,27-14?/t19?,24-/m1/s1. The summed E-state index contributed by atoms with van der Waals surface area (Å²) in [5, 5.41) is 2.85. The van der Waals surface area contributed by atoms with Crippen molar-refractivity contribution in [1.82, 2.24) is 4.98 Å². The highest BCUT2D eigenvalue weighted by molar-refractivity contribution is 5.95. The first-order valence-electron chi connectivity index (χ1n) is 10.3. The molecular weight excluding hydrogens is 411 g/mol. The van der Waals surface area contributed by atoms with E-state index in [2.05, 4.69) is 27.0 Å². The van der Waals surface area contributed by atoms with Crippen LogP contribution in [0.15, 0.2) is 70.1 Å². The quantitative estimate of drug-likeness (QED) is 0.427. The Morgan fingerprint density at radius 2 is 2.12 bits per heavy atom. The first kappa shape index (κ1) is 23.3. The van der Waals surface area contributed by atoms with Crippen molar-refractivity contribution in [2.45, 2.75) is 18.8 Å². The van der Waals surface area contributed by atoms with Crippen molar-refractivity contribution in [2.75, 3.05) is 32.2 Å². The number of benzene rings is 1. The van der Waals surface area contributed by atoms with Gasteiger partial charge >= 0.3 is 0 Å². The lowest BCUT2D eigenvalue weighted by atomic mass is 9.93. The fourth-order valence-corrected chi connectivity index (χ4v) is 3.55. The molecule has 0 aliphatic heterocycles. The normalized spacial score (nSPS) is 20.5. The lowest BCUT2D eigenvalue weighted by Crippen LogP contribution is -2.26. The third-order valence-corrected chi connectivity index (χ3v) is 5.36. The number of carbonyl (C=O) groups is 1. The number of nitrogens with zero attached hydrogens (tertiary/aromatic N) is 3. The summed E-state index contributed by atoms with van der Waals surface area (Å²) in [5.74, 6) is 0.0484. The van der Waals surface area contributed by atoms with Crippen LogP contribution in [-0.2, 0) is 19.7 Å². The van der Waals surface area contributed by atoms with E-state index >= 15 is 0 Å². The number of amides is 1. The Kier molecular flexibility index (Phi) is 7.83. The van der Waals surface area contributed by atoms with Crippen LogP contribution in [0.5, 0.6) is 0 Å². The summed E-state index contributed by atoms with van der Waals surface area (Å²) in [6.07, 6.45) is 3.76. The maximum Gasteiger partial charge on any atom is 0.229 e. The van der Waals surface area contributed by atoms with Crippen LogP contribution in [0.2, 0.25) is 0 Å². The Bertz CT molecular complexity index is 992. The smallest absolute Gasteiger partial charge is 0.229 e. The fraction of sp³-hybridized carbons (Fsp3) is 0.333. The van der Waals surface area contributed by atoms with Gasteiger partial charge in [-0.05, 0) is 49.9 Å². The molecule has 2 atom stereocenters. The van der Waals surface area contributed by atoms with E-state index in [4.69, 9.17) is 9.47 Å². The van der Waals surface area contributed by atoms with E-state index in [-0.39, 0.29) is 30.9 Å². The molecule has 1 amide bonds. The number of hydrogen-bond donors (Lipinski definition) is 1. The van der Waals surface area contributed by atoms with Crippen LogP contribution >= 0.6 is 0 Å². The molecule has 168 valence electrons. The molecule has 1 heterocycles. The molecule has 1 fully saturated rings. The second-order valence-electron chi connectivity index (χ2n) is 7.44. The van der Waals surface area contributed by atoms with Crippen LogP contribution in [0, 0.1) is 11.7 Å². The van der Waals surface area contributed by atoms with Crippen molar-refractivity contribution in [3.8, 4) is 0 Å². The molecule has 1 aliphatic rings. The number of methoxy groups -OCH3 is 1. The van der Waals surface area contributed by atoms with Crippen molar-refractivity contribution in [3.05, 3.63) is 71.5 Å². The van der Waals surface area contributed by atoms with Gasteiger partial charge in [0.1, 0.15) is 17.3 Å². The van der Waals surface area contributed by atoms with Crippen molar-refractivity contribution >= 4 is 24.7 Å². The van der Waals surface area contributed by atoms with Crippen LogP contribution in [0.1, 0.15) is 18.9 Å². The number of anilines is 1. The molecule has 0 spiro atoms. The van der Waals surface area contributed by atoms with Gasteiger partial charge in [0, 0.05) is 25.3 Å². The molecule has 32 heavy (non-hydrogen) atoms. The third-order valence-electron chi connectivity index (χ3n) is 5.36. The number of halogens is 1. The number of hydrogen-bond acceptors (Lipinski definition) is 6. The van der Waals surface area contributed by atoms with Gasteiger partial charge in [-0.15, -0.1) is 0 Å². The molecule has 1 unspecified atom stereocenters. The summed E-state index contributed by atoms with van der Waals surface area (Å²) in [4.78, 5) is 25.4. The summed E-state index contributed by atoms with van der Waals surface area (Å²) in [5.41, 5.74) is 0.720. The average Bonchev–Trinajstić information content (AvgIpc) is 3.55. The maximum absolute atomic E-state index is 13.6. The molecule has 1 aliphatic carbocycles. The highest BCUT2D eigenvalue weighted by Crippen LogP contribution is 2.55. The van der Waals surface area contributed by atoms with Crippen LogP contribution in [0.4, 0.5) is 10.2 Å². The summed E-state index contributed by atoms with van der Waals surface area (Å²) < 4.78 is 24.9. The Morgan fingerprint density at radius 1 is 1.34 bits per heavy atom. The number of aromatic nitrogens is 1. The van der Waals surface area contributed by atoms with Gasteiger partial charge in [-0.2, -0.15) is 0 Å². The minimum absolute atomic E-state index is 0.164. The summed E-state index contributed by atoms with van der Waals surface area (Å²) in [6.45, 7) is 6.46. The number of aliphatic imine (C=N–C) groups is 2. The Balaban J connectivity index is 1.86. The lowest BCUT2D eigenvalue weighted by Gasteiger charge is -2.20. The number of carbonyl (C=O) groups excluding carboxylic acids is 1. The van der Waals surface area contributed by atoms with E-state index in [1.54, 1.807) is 49.9 Å². The molecule has 0 radical (unpaired) electrons. The van der Waals surface area contributed by atoms with E-state index in [1.807, 2.05) is 6.92 Å². The van der Waals surface area contributed by atoms with Gasteiger partial charge < -0.3 is 14.8 Å². The second kappa shape index (κ2) is 10.8. The molecule has 2 aromatic rings. The molecule has 1 N–H and O–H groups in total. The zero-order valence-corrected chi connectivity index (χ0v) is 18.3. The minimum atomic E-state index is -0.614. The topological polar surface area (TPSA) is 85.2 Å². The van der Waals surface area contributed by atoms with Gasteiger partial charge in [-0.25, -0.2) is 9.37 Å². The average molecular weight is 439 g/mol. The van der Waals surface area contributed by atoms with E-state index < -0.39 is 5.41 Å². The highest BCUT2D eigenvalue weighted by Gasteiger charge is 2.60. The monoisotopic (exact) mass is 438 g/mol. The highest BCUT2D eigenvalue weighted by atomic mass is 19.1. The van der Waals surface area contributed by atoms with Crippen LogP contribution in [0.25, 0.3) is 0 Å². The van der Waals surface area contributed by atoms with E-state index in [9.17, 15) is 9.18 Å². The number of nitrogens with one attached hydrogen (secondary N) is 1. The maximum atomic E-state index is 13.6. The number of pyridine rings is 1. The van der Waals surface area contributed by atoms with E-state index in [1.165, 1.54) is 12.1 Å². The summed E-state index contributed by atoms with van der Waals surface area (Å²) in [6, 6.07) is 11.5. The lowest BCUT2D eigenvalue weighted by molar-refractivity contribution is -0.118. The Hall–Kier alpha value is -3.39. The second-order valence-corrected chi connectivity index (χ2v) is 7.44. The van der Waals surface area contributed by atoms with Crippen molar-refractivity contribution in [1.29, 1.82) is 0 Å². The SMILES string of the molecule is C=N/C(COC)=C(\C=NCC)OC[C@@]1(c2ccc(F)cc2)CC1C(=O)Nc1ccccn1. The van der Waals surface area contributed by atoms with Gasteiger partial charge in [0.2, 0.25) is 5.91 Å². The zero-order valence-electron chi connectivity index (χ0n) is 18.3. The molecular formula is C24H27FN4O3. The molecule has 0 saturated heterocycles. The summed E-state index contributed by atoms with van der Waals surface area (Å²) in [7, 11) is 1.55. The number of ether oxygens (including phenoxy) is 2. The van der Waals surface area contributed by atoms with Gasteiger partial charge in [-0.3, -0.25) is 14.8 Å². The number of allylic oxidation sites excluding steroid dienone is 1. The zero-order chi connectivity index (χ0) is 23.0. The van der Waals surface area contributed by atoms with Crippen molar-refractivity contribution < 1.29 is 18.7 Å². The van der Waals surface area contributed by atoms with Gasteiger partial charge in [0.05, 0.1) is 25.3 Å². The molecule has 3 rings (SSSR count). The molecule has 1 saturated carbocycles. The Labute approximate surface area is 187 Å². The molecule has 0 bridgehead atoms. The van der Waals surface area contributed by atoms with E-state index in [0.29, 0.717) is 30.2 Å². The molecule has 8 heteroatoms. The van der Waals surface area contributed by atoms with Gasteiger partial charge in [-0.1, -0.05) is 18.2 Å². The minimum Gasteiger partial charge on any atom is -0.489 e. The van der Waals surface area contributed by atoms with Crippen LogP contribution < -0.4 is 5.32 Å². The predicted molar refractivity (Wildman–Crippen MR) is 122 cm³/mol. The fourth-order valence-electron chi connectivity index (χ4n) is 3.55. The summed E-state index contributed by atoms with van der Waals surface area (Å²) >= 11 is 0. The Morgan fingerprint density at radius 3 is 2.75 bits per heavy atom. The van der Waals surface area contributed by atoms with Crippen LogP contribution in [0.3, 0.4) is 0 Å². The first-order valence-corrected chi connectivity index (χ1v) is 10.3. The predicted octanol–water partition coefficient (Wildman–Crippen LogP) is 3.78. The van der Waals surface area contributed by atoms with Crippen molar-refractivity contribution in [2.24, 2.45) is 15.9 Å². The van der Waals surface area contributed by atoms with Crippen molar-refractivity contribution in [3.63, 3.8) is 0 Å². The first-order chi connectivity index (χ1) is 15.5.